The predicted molar refractivity (Wildman–Crippen MR) is 83.1 cm³/mol. The first-order valence-electron chi connectivity index (χ1n) is 7.88. The Bertz CT molecular complexity index is 458. The van der Waals surface area contributed by atoms with Gasteiger partial charge in [-0.15, -0.1) is 0 Å². The lowest BCUT2D eigenvalue weighted by atomic mass is 10.0. The number of amides is 1. The first-order valence-corrected chi connectivity index (χ1v) is 7.88. The summed E-state index contributed by atoms with van der Waals surface area (Å²) in [6, 6.07) is 7.38. The number of hydrogen-bond donors (Lipinski definition) is 2. The SMILES string of the molecule is CCCCC[C@H](O)c1ccc(N2C(=O)CC[C@@H]2CO)cc1. The highest BCUT2D eigenvalue weighted by Gasteiger charge is 2.31. The van der Waals surface area contributed by atoms with Gasteiger partial charge in [0.15, 0.2) is 0 Å². The molecule has 116 valence electrons. The molecule has 0 unspecified atom stereocenters. The largest absolute Gasteiger partial charge is 0.394 e. The van der Waals surface area contributed by atoms with E-state index < -0.39 is 6.10 Å². The second-order valence-electron chi connectivity index (χ2n) is 5.74. The van der Waals surface area contributed by atoms with E-state index in [1.54, 1.807) is 4.90 Å². The van der Waals surface area contributed by atoms with Gasteiger partial charge in [0.05, 0.1) is 18.8 Å². The average Bonchev–Trinajstić information content (AvgIpc) is 2.88. The summed E-state index contributed by atoms with van der Waals surface area (Å²) in [5, 5.41) is 19.5. The molecule has 1 amide bonds. The third-order valence-corrected chi connectivity index (χ3v) is 4.17. The van der Waals surface area contributed by atoms with Crippen molar-refractivity contribution in [2.24, 2.45) is 0 Å². The summed E-state index contributed by atoms with van der Waals surface area (Å²) < 4.78 is 0. The number of benzene rings is 1. The molecule has 0 bridgehead atoms. The molecule has 4 nitrogen and oxygen atoms in total. The molecule has 0 aliphatic carbocycles. The molecular formula is C17H25NO3. The van der Waals surface area contributed by atoms with Gasteiger partial charge in [-0.05, 0) is 30.5 Å². The van der Waals surface area contributed by atoms with Gasteiger partial charge in [0.1, 0.15) is 0 Å². The number of anilines is 1. The van der Waals surface area contributed by atoms with E-state index in [4.69, 9.17) is 0 Å². The van der Waals surface area contributed by atoms with Gasteiger partial charge in [-0.1, -0.05) is 38.3 Å². The molecule has 1 aliphatic heterocycles. The van der Waals surface area contributed by atoms with Crippen LogP contribution in [0.4, 0.5) is 5.69 Å². The zero-order chi connectivity index (χ0) is 15.2. The van der Waals surface area contributed by atoms with Crippen LogP contribution in [0.5, 0.6) is 0 Å². The third kappa shape index (κ3) is 3.83. The summed E-state index contributed by atoms with van der Waals surface area (Å²) in [6.07, 6.45) is 4.84. The topological polar surface area (TPSA) is 60.8 Å². The molecule has 1 saturated heterocycles. The minimum Gasteiger partial charge on any atom is -0.394 e. The van der Waals surface area contributed by atoms with Crippen molar-refractivity contribution in [2.45, 2.75) is 57.6 Å². The summed E-state index contributed by atoms with van der Waals surface area (Å²) in [6.45, 7) is 2.14. The standard InChI is InChI=1S/C17H25NO3/c1-2-3-4-5-16(20)13-6-8-14(9-7-13)18-15(12-19)10-11-17(18)21/h6-9,15-16,19-20H,2-5,10-12H2,1H3/t15-,16+/m1/s1. The molecule has 2 rings (SSSR count). The fraction of sp³-hybridized carbons (Fsp3) is 0.588. The van der Waals surface area contributed by atoms with E-state index in [0.717, 1.165) is 36.9 Å². The van der Waals surface area contributed by atoms with Gasteiger partial charge in [-0.25, -0.2) is 0 Å². The van der Waals surface area contributed by atoms with Crippen molar-refractivity contribution in [3.63, 3.8) is 0 Å². The highest BCUT2D eigenvalue weighted by molar-refractivity contribution is 5.96. The van der Waals surface area contributed by atoms with Crippen LogP contribution in [0.25, 0.3) is 0 Å². The van der Waals surface area contributed by atoms with Crippen molar-refractivity contribution in [1.29, 1.82) is 0 Å². The van der Waals surface area contributed by atoms with Crippen LogP contribution in [0.3, 0.4) is 0 Å². The second-order valence-corrected chi connectivity index (χ2v) is 5.74. The molecular weight excluding hydrogens is 266 g/mol. The van der Waals surface area contributed by atoms with Crippen molar-refractivity contribution in [3.05, 3.63) is 29.8 Å². The number of carbonyl (C=O) groups is 1. The van der Waals surface area contributed by atoms with Gasteiger partial charge in [-0.3, -0.25) is 4.79 Å². The maximum atomic E-state index is 11.9. The van der Waals surface area contributed by atoms with Gasteiger partial charge in [-0.2, -0.15) is 0 Å². The molecule has 0 spiro atoms. The van der Waals surface area contributed by atoms with Gasteiger partial charge in [0.25, 0.3) is 0 Å². The van der Waals surface area contributed by atoms with E-state index >= 15 is 0 Å². The van der Waals surface area contributed by atoms with Crippen LogP contribution in [0.2, 0.25) is 0 Å². The Hall–Kier alpha value is -1.39. The Labute approximate surface area is 126 Å². The minimum absolute atomic E-state index is 0.00681. The lowest BCUT2D eigenvalue weighted by Crippen LogP contribution is -2.35. The molecule has 0 saturated carbocycles. The van der Waals surface area contributed by atoms with Crippen molar-refractivity contribution in [1.82, 2.24) is 0 Å². The van der Waals surface area contributed by atoms with Crippen molar-refractivity contribution in [3.8, 4) is 0 Å². The molecule has 2 N–H and O–H groups in total. The maximum Gasteiger partial charge on any atom is 0.227 e. The first kappa shape index (κ1) is 16.0. The number of carbonyl (C=O) groups excluding carboxylic acids is 1. The summed E-state index contributed by atoms with van der Waals surface area (Å²) in [5.74, 6) is 0.0605. The van der Waals surface area contributed by atoms with Gasteiger partial charge in [0, 0.05) is 12.1 Å². The Morgan fingerprint density at radius 2 is 2.00 bits per heavy atom. The van der Waals surface area contributed by atoms with E-state index in [0.29, 0.717) is 12.8 Å². The molecule has 1 aromatic carbocycles. The Morgan fingerprint density at radius 3 is 2.62 bits per heavy atom. The van der Waals surface area contributed by atoms with Gasteiger partial charge >= 0.3 is 0 Å². The van der Waals surface area contributed by atoms with Crippen LogP contribution in [0.15, 0.2) is 24.3 Å². The Morgan fingerprint density at radius 1 is 1.29 bits per heavy atom. The Balaban J connectivity index is 2.03. The highest BCUT2D eigenvalue weighted by atomic mass is 16.3. The van der Waals surface area contributed by atoms with E-state index in [1.807, 2.05) is 24.3 Å². The lowest BCUT2D eigenvalue weighted by Gasteiger charge is -2.23. The summed E-state index contributed by atoms with van der Waals surface area (Å²) >= 11 is 0. The van der Waals surface area contributed by atoms with E-state index in [-0.39, 0.29) is 18.6 Å². The van der Waals surface area contributed by atoms with Crippen molar-refractivity contribution >= 4 is 11.6 Å². The first-order chi connectivity index (χ1) is 10.2. The third-order valence-electron chi connectivity index (χ3n) is 4.17. The fourth-order valence-corrected chi connectivity index (χ4v) is 2.88. The quantitative estimate of drug-likeness (QED) is 0.759. The van der Waals surface area contributed by atoms with Gasteiger partial charge in [0.2, 0.25) is 5.91 Å². The zero-order valence-electron chi connectivity index (χ0n) is 12.7. The molecule has 0 radical (unpaired) electrons. The number of unbranched alkanes of at least 4 members (excludes halogenated alkanes) is 2. The lowest BCUT2D eigenvalue weighted by molar-refractivity contribution is -0.117. The van der Waals surface area contributed by atoms with E-state index in [1.165, 1.54) is 0 Å². The number of hydrogen-bond acceptors (Lipinski definition) is 3. The molecule has 4 heteroatoms. The monoisotopic (exact) mass is 291 g/mol. The summed E-state index contributed by atoms with van der Waals surface area (Å²) in [5.41, 5.74) is 1.70. The predicted octanol–water partition coefficient (Wildman–Crippen LogP) is 2.79. The number of aliphatic hydroxyl groups excluding tert-OH is 2. The van der Waals surface area contributed by atoms with Crippen LogP contribution in [-0.4, -0.2) is 28.8 Å². The van der Waals surface area contributed by atoms with Crippen LogP contribution in [0, 0.1) is 0 Å². The van der Waals surface area contributed by atoms with Crippen LogP contribution in [-0.2, 0) is 4.79 Å². The molecule has 21 heavy (non-hydrogen) atoms. The molecule has 1 heterocycles. The zero-order valence-corrected chi connectivity index (χ0v) is 12.7. The summed E-state index contributed by atoms with van der Waals surface area (Å²) in [4.78, 5) is 13.6. The van der Waals surface area contributed by atoms with E-state index in [2.05, 4.69) is 6.92 Å². The fourth-order valence-electron chi connectivity index (χ4n) is 2.88. The minimum atomic E-state index is -0.437. The molecule has 1 fully saturated rings. The smallest absolute Gasteiger partial charge is 0.227 e. The van der Waals surface area contributed by atoms with E-state index in [9.17, 15) is 15.0 Å². The van der Waals surface area contributed by atoms with Crippen LogP contribution >= 0.6 is 0 Å². The molecule has 0 aromatic heterocycles. The highest BCUT2D eigenvalue weighted by Crippen LogP contribution is 2.28. The van der Waals surface area contributed by atoms with Crippen LogP contribution < -0.4 is 4.90 Å². The number of nitrogens with zero attached hydrogens (tertiary/aromatic N) is 1. The average molecular weight is 291 g/mol. The molecule has 1 aliphatic rings. The molecule has 1 aromatic rings. The van der Waals surface area contributed by atoms with Crippen molar-refractivity contribution < 1.29 is 15.0 Å². The maximum absolute atomic E-state index is 11.9. The Kier molecular flexibility index (Phi) is 5.76. The van der Waals surface area contributed by atoms with Crippen molar-refractivity contribution in [2.75, 3.05) is 11.5 Å². The number of aliphatic hydroxyl groups is 2. The normalized spacial score (nSPS) is 20.0. The van der Waals surface area contributed by atoms with Gasteiger partial charge < -0.3 is 15.1 Å². The molecule has 2 atom stereocenters. The number of rotatable bonds is 7. The second kappa shape index (κ2) is 7.57. The summed E-state index contributed by atoms with van der Waals surface area (Å²) in [7, 11) is 0. The van der Waals surface area contributed by atoms with Crippen LogP contribution in [0.1, 0.15) is 57.1 Å².